The maximum absolute atomic E-state index is 4.02. The van der Waals surface area contributed by atoms with Gasteiger partial charge in [-0.3, -0.25) is 0 Å². The fraction of sp³-hybridized carbons (Fsp3) is 0.867. The van der Waals surface area contributed by atoms with Gasteiger partial charge >= 0.3 is 0 Å². The summed E-state index contributed by atoms with van der Waals surface area (Å²) in [7, 11) is 4.45. The van der Waals surface area contributed by atoms with Gasteiger partial charge < -0.3 is 10.2 Å². The Morgan fingerprint density at radius 1 is 1.35 bits per heavy atom. The molecular weight excluding hydrogens is 208 g/mol. The second kappa shape index (κ2) is 5.53. The van der Waals surface area contributed by atoms with Crippen LogP contribution in [0.2, 0.25) is 0 Å². The highest BCUT2D eigenvalue weighted by Crippen LogP contribution is 2.39. The van der Waals surface area contributed by atoms with E-state index in [-0.39, 0.29) is 0 Å². The van der Waals surface area contributed by atoms with Crippen molar-refractivity contribution in [3.05, 3.63) is 12.2 Å². The smallest absolute Gasteiger partial charge is 0.00989 e. The van der Waals surface area contributed by atoms with Gasteiger partial charge in [-0.2, -0.15) is 0 Å². The lowest BCUT2D eigenvalue weighted by Crippen LogP contribution is -2.46. The summed E-state index contributed by atoms with van der Waals surface area (Å²) >= 11 is 0. The van der Waals surface area contributed by atoms with E-state index in [1.165, 1.54) is 44.1 Å². The molecule has 2 rings (SSSR count). The van der Waals surface area contributed by atoms with Crippen LogP contribution in [-0.2, 0) is 0 Å². The van der Waals surface area contributed by atoms with Crippen LogP contribution in [0, 0.1) is 5.92 Å². The minimum absolute atomic E-state index is 0.698. The van der Waals surface area contributed by atoms with Crippen LogP contribution < -0.4 is 5.32 Å². The third-order valence-corrected chi connectivity index (χ3v) is 4.96. The van der Waals surface area contributed by atoms with Crippen molar-refractivity contribution in [1.29, 1.82) is 0 Å². The van der Waals surface area contributed by atoms with Gasteiger partial charge in [0.1, 0.15) is 0 Å². The van der Waals surface area contributed by atoms with E-state index in [4.69, 9.17) is 0 Å². The second-order valence-electron chi connectivity index (χ2n) is 6.17. The van der Waals surface area contributed by atoms with E-state index in [0.717, 1.165) is 18.0 Å². The largest absolute Gasteiger partial charge is 0.317 e. The van der Waals surface area contributed by atoms with E-state index in [2.05, 4.69) is 37.8 Å². The standard InChI is InChI=1S/C15H28N2/c1-11(2)5-8-15(16-3)12-9-13-6-7-14(10-12)17(13)4/h12-16H,1,5-10H2,2-4H3. The predicted octanol–water partition coefficient (Wildman–Crippen LogP) is 2.80. The molecule has 0 aromatic rings. The Bertz CT molecular complexity index is 260. The molecule has 0 amide bonds. The Balaban J connectivity index is 1.90. The third kappa shape index (κ3) is 2.92. The first-order chi connectivity index (χ1) is 8.11. The van der Waals surface area contributed by atoms with Gasteiger partial charge in [-0.25, -0.2) is 0 Å². The first-order valence-electron chi connectivity index (χ1n) is 7.15. The molecule has 2 aliphatic heterocycles. The zero-order valence-corrected chi connectivity index (χ0v) is 11.7. The zero-order valence-electron chi connectivity index (χ0n) is 11.7. The van der Waals surface area contributed by atoms with Crippen molar-refractivity contribution in [3.8, 4) is 0 Å². The minimum Gasteiger partial charge on any atom is -0.317 e. The average molecular weight is 236 g/mol. The molecule has 2 nitrogen and oxygen atoms in total. The van der Waals surface area contributed by atoms with Gasteiger partial charge in [0.15, 0.2) is 0 Å². The Hall–Kier alpha value is -0.340. The molecule has 0 aromatic carbocycles. The predicted molar refractivity (Wildman–Crippen MR) is 74.2 cm³/mol. The van der Waals surface area contributed by atoms with Crippen molar-refractivity contribution >= 4 is 0 Å². The SMILES string of the molecule is C=C(C)CCC(NC)C1CC2CCC(C1)N2C. The Morgan fingerprint density at radius 3 is 2.41 bits per heavy atom. The van der Waals surface area contributed by atoms with E-state index < -0.39 is 0 Å². The Morgan fingerprint density at radius 2 is 1.94 bits per heavy atom. The molecule has 3 unspecified atom stereocenters. The summed E-state index contributed by atoms with van der Waals surface area (Å²) in [4.78, 5) is 2.63. The molecule has 0 spiro atoms. The Labute approximate surface area is 106 Å². The van der Waals surface area contributed by atoms with E-state index in [1.54, 1.807) is 0 Å². The van der Waals surface area contributed by atoms with Crippen molar-refractivity contribution in [2.75, 3.05) is 14.1 Å². The highest BCUT2D eigenvalue weighted by molar-refractivity contribution is 4.98. The molecule has 17 heavy (non-hydrogen) atoms. The molecule has 1 N–H and O–H groups in total. The average Bonchev–Trinajstić information content (AvgIpc) is 2.53. The molecular formula is C15H28N2. The van der Waals surface area contributed by atoms with Crippen molar-refractivity contribution in [2.24, 2.45) is 5.92 Å². The number of fused-ring (bicyclic) bond motifs is 2. The summed E-state index contributed by atoms with van der Waals surface area (Å²) in [6.45, 7) is 6.17. The number of hydrogen-bond donors (Lipinski definition) is 1. The van der Waals surface area contributed by atoms with Gasteiger partial charge in [0.05, 0.1) is 0 Å². The highest BCUT2D eigenvalue weighted by Gasteiger charge is 2.40. The lowest BCUT2D eigenvalue weighted by atomic mass is 9.83. The van der Waals surface area contributed by atoms with Crippen LogP contribution in [-0.4, -0.2) is 37.1 Å². The van der Waals surface area contributed by atoms with E-state index in [9.17, 15) is 0 Å². The molecule has 0 aromatic heterocycles. The van der Waals surface area contributed by atoms with Gasteiger partial charge in [-0.05, 0) is 65.5 Å². The summed E-state index contributed by atoms with van der Waals surface area (Å²) in [6.07, 6.45) is 8.08. The van der Waals surface area contributed by atoms with Crippen LogP contribution in [0.25, 0.3) is 0 Å². The van der Waals surface area contributed by atoms with Gasteiger partial charge in [0.25, 0.3) is 0 Å². The number of nitrogens with one attached hydrogen (secondary N) is 1. The van der Waals surface area contributed by atoms with Crippen molar-refractivity contribution in [1.82, 2.24) is 10.2 Å². The van der Waals surface area contributed by atoms with Gasteiger partial charge in [0, 0.05) is 18.1 Å². The molecule has 0 radical (unpaired) electrons. The van der Waals surface area contributed by atoms with Gasteiger partial charge in [0.2, 0.25) is 0 Å². The van der Waals surface area contributed by atoms with E-state index in [0.29, 0.717) is 6.04 Å². The van der Waals surface area contributed by atoms with Gasteiger partial charge in [-0.1, -0.05) is 5.57 Å². The maximum atomic E-state index is 4.02. The topological polar surface area (TPSA) is 15.3 Å². The normalized spacial score (nSPS) is 34.9. The van der Waals surface area contributed by atoms with Crippen LogP contribution in [0.1, 0.15) is 45.4 Å². The number of hydrogen-bond acceptors (Lipinski definition) is 2. The third-order valence-electron chi connectivity index (χ3n) is 4.96. The van der Waals surface area contributed by atoms with Crippen LogP contribution in [0.4, 0.5) is 0 Å². The van der Waals surface area contributed by atoms with Crippen LogP contribution in [0.3, 0.4) is 0 Å². The molecule has 3 atom stereocenters. The van der Waals surface area contributed by atoms with Crippen molar-refractivity contribution < 1.29 is 0 Å². The molecule has 2 saturated heterocycles. The molecule has 2 fully saturated rings. The summed E-state index contributed by atoms with van der Waals surface area (Å²) in [6, 6.07) is 2.42. The molecule has 2 aliphatic rings. The highest BCUT2D eigenvalue weighted by atomic mass is 15.2. The number of nitrogens with zero attached hydrogens (tertiary/aromatic N) is 1. The fourth-order valence-corrected chi connectivity index (χ4v) is 3.80. The minimum atomic E-state index is 0.698. The first-order valence-corrected chi connectivity index (χ1v) is 7.15. The van der Waals surface area contributed by atoms with Crippen molar-refractivity contribution in [2.45, 2.75) is 63.6 Å². The second-order valence-corrected chi connectivity index (χ2v) is 6.17. The monoisotopic (exact) mass is 236 g/mol. The van der Waals surface area contributed by atoms with Crippen LogP contribution >= 0.6 is 0 Å². The molecule has 2 heterocycles. The summed E-state index contributed by atoms with van der Waals surface area (Å²) in [5.41, 5.74) is 1.32. The van der Waals surface area contributed by atoms with E-state index in [1.807, 2.05) is 0 Å². The quantitative estimate of drug-likeness (QED) is 0.738. The lowest BCUT2D eigenvalue weighted by molar-refractivity contribution is 0.112. The molecule has 0 aliphatic carbocycles. The number of piperidine rings is 1. The van der Waals surface area contributed by atoms with Gasteiger partial charge in [-0.15, -0.1) is 6.58 Å². The molecule has 0 saturated carbocycles. The number of allylic oxidation sites excluding steroid dienone is 1. The summed E-state index contributed by atoms with van der Waals surface area (Å²) in [5, 5.41) is 3.55. The molecule has 2 heteroatoms. The number of rotatable bonds is 5. The maximum Gasteiger partial charge on any atom is 0.00989 e. The fourth-order valence-electron chi connectivity index (χ4n) is 3.80. The van der Waals surface area contributed by atoms with Crippen LogP contribution in [0.5, 0.6) is 0 Å². The Kier molecular flexibility index (Phi) is 4.26. The molecule has 2 bridgehead atoms. The summed E-state index contributed by atoms with van der Waals surface area (Å²) in [5.74, 6) is 0.882. The van der Waals surface area contributed by atoms with Crippen molar-refractivity contribution in [3.63, 3.8) is 0 Å². The molecule has 98 valence electrons. The first kappa shape index (κ1) is 13.1. The van der Waals surface area contributed by atoms with Crippen LogP contribution in [0.15, 0.2) is 12.2 Å². The zero-order chi connectivity index (χ0) is 12.4. The van der Waals surface area contributed by atoms with E-state index >= 15 is 0 Å². The lowest BCUT2D eigenvalue weighted by Gasteiger charge is -2.40. The summed E-state index contributed by atoms with van der Waals surface area (Å²) < 4.78 is 0.